The Bertz CT molecular complexity index is 644. The van der Waals surface area contributed by atoms with Gasteiger partial charge in [0.25, 0.3) is 0 Å². The van der Waals surface area contributed by atoms with Crippen molar-refractivity contribution in [1.82, 2.24) is 10.2 Å². The maximum Gasteiger partial charge on any atom is 0.401 e. The Morgan fingerprint density at radius 1 is 1.32 bits per heavy atom. The molecular weight excluding hydrogens is 488 g/mol. The number of nitrogens with one attached hydrogen (secondary N) is 2. The van der Waals surface area contributed by atoms with E-state index in [0.29, 0.717) is 43.7 Å². The number of halogens is 4. The number of aliphatic imine (C=N–C) groups is 1. The Morgan fingerprint density at radius 3 is 2.68 bits per heavy atom. The summed E-state index contributed by atoms with van der Waals surface area (Å²) < 4.78 is 48.3. The van der Waals surface area contributed by atoms with E-state index in [-0.39, 0.29) is 29.9 Å². The maximum absolute atomic E-state index is 12.5. The lowest BCUT2D eigenvalue weighted by Gasteiger charge is -2.19. The number of methoxy groups -OCH3 is 1. The summed E-state index contributed by atoms with van der Waals surface area (Å²) in [7, 11) is 3.22. The molecule has 2 rings (SSSR count). The number of hydrogen-bond donors (Lipinski definition) is 2. The maximum atomic E-state index is 12.5. The van der Waals surface area contributed by atoms with Crippen LogP contribution in [0.25, 0.3) is 0 Å². The van der Waals surface area contributed by atoms with Gasteiger partial charge in [-0.2, -0.15) is 13.2 Å². The largest absolute Gasteiger partial charge is 0.493 e. The standard InChI is InChI=1S/C18H27F3N4O2.HI/c1-4-27-16-9-14(5-6-15(16)26-3)24-17(22-2)23-10-13-7-8-25(11-13)12-18(19,20)21;/h5-6,9,13H,4,7-8,10-12H2,1-3H3,(H2,22,23,24);1H. The van der Waals surface area contributed by atoms with E-state index in [1.807, 2.05) is 19.1 Å². The third-order valence-corrected chi connectivity index (χ3v) is 4.28. The van der Waals surface area contributed by atoms with Gasteiger partial charge in [0.15, 0.2) is 17.5 Å². The second kappa shape index (κ2) is 11.5. The second-order valence-corrected chi connectivity index (χ2v) is 6.38. The summed E-state index contributed by atoms with van der Waals surface area (Å²) in [6.45, 7) is 3.02. The molecule has 1 aromatic rings. The zero-order valence-electron chi connectivity index (χ0n) is 16.3. The molecule has 2 N–H and O–H groups in total. The first-order valence-electron chi connectivity index (χ1n) is 8.92. The lowest BCUT2D eigenvalue weighted by molar-refractivity contribution is -0.143. The van der Waals surface area contributed by atoms with Crippen molar-refractivity contribution in [2.24, 2.45) is 10.9 Å². The zero-order valence-corrected chi connectivity index (χ0v) is 18.6. The molecule has 10 heteroatoms. The molecule has 0 saturated carbocycles. The monoisotopic (exact) mass is 516 g/mol. The molecular formula is C18H28F3IN4O2. The summed E-state index contributed by atoms with van der Waals surface area (Å²) in [6, 6.07) is 5.46. The van der Waals surface area contributed by atoms with Crippen molar-refractivity contribution in [3.8, 4) is 11.5 Å². The van der Waals surface area contributed by atoms with E-state index in [1.54, 1.807) is 20.2 Å². The summed E-state index contributed by atoms with van der Waals surface area (Å²) in [5.41, 5.74) is 0.775. The van der Waals surface area contributed by atoms with Crippen molar-refractivity contribution >= 4 is 35.6 Å². The summed E-state index contributed by atoms with van der Waals surface area (Å²) >= 11 is 0. The highest BCUT2D eigenvalue weighted by Gasteiger charge is 2.34. The first kappa shape index (κ1) is 24.6. The molecule has 1 saturated heterocycles. The molecule has 1 heterocycles. The minimum atomic E-state index is -4.15. The first-order chi connectivity index (χ1) is 12.8. The van der Waals surface area contributed by atoms with E-state index in [9.17, 15) is 13.2 Å². The van der Waals surface area contributed by atoms with Crippen molar-refractivity contribution in [2.75, 3.05) is 52.3 Å². The molecule has 1 atom stereocenters. The number of benzene rings is 1. The van der Waals surface area contributed by atoms with E-state index >= 15 is 0 Å². The van der Waals surface area contributed by atoms with E-state index in [0.717, 1.165) is 12.1 Å². The van der Waals surface area contributed by atoms with Crippen LogP contribution in [-0.2, 0) is 0 Å². The Morgan fingerprint density at radius 2 is 2.07 bits per heavy atom. The summed E-state index contributed by atoms with van der Waals surface area (Å²) in [6.07, 6.45) is -3.41. The first-order valence-corrected chi connectivity index (χ1v) is 8.92. The van der Waals surface area contributed by atoms with E-state index in [1.165, 1.54) is 4.90 Å². The summed E-state index contributed by atoms with van der Waals surface area (Å²) in [5.74, 6) is 1.97. The summed E-state index contributed by atoms with van der Waals surface area (Å²) in [5, 5.41) is 6.34. The fraction of sp³-hybridized carbons (Fsp3) is 0.611. The van der Waals surface area contributed by atoms with Gasteiger partial charge in [0, 0.05) is 31.9 Å². The Kier molecular flexibility index (Phi) is 10.1. The van der Waals surface area contributed by atoms with Crippen LogP contribution in [0, 0.1) is 5.92 Å². The zero-order chi connectivity index (χ0) is 19.9. The van der Waals surface area contributed by atoms with Gasteiger partial charge in [-0.3, -0.25) is 9.89 Å². The molecule has 0 bridgehead atoms. The highest BCUT2D eigenvalue weighted by Crippen LogP contribution is 2.30. The molecule has 1 aliphatic rings. The number of anilines is 1. The molecule has 0 amide bonds. The molecule has 1 aliphatic heterocycles. The third-order valence-electron chi connectivity index (χ3n) is 4.28. The van der Waals surface area contributed by atoms with Gasteiger partial charge < -0.3 is 20.1 Å². The second-order valence-electron chi connectivity index (χ2n) is 6.38. The van der Waals surface area contributed by atoms with Crippen LogP contribution in [-0.4, -0.2) is 64.0 Å². The van der Waals surface area contributed by atoms with Gasteiger partial charge in [0.05, 0.1) is 20.3 Å². The minimum Gasteiger partial charge on any atom is -0.493 e. The predicted molar refractivity (Wildman–Crippen MR) is 115 cm³/mol. The van der Waals surface area contributed by atoms with Gasteiger partial charge in [0.1, 0.15) is 0 Å². The van der Waals surface area contributed by atoms with Gasteiger partial charge in [-0.15, -0.1) is 24.0 Å². The molecule has 1 fully saturated rings. The van der Waals surface area contributed by atoms with Crippen molar-refractivity contribution < 1.29 is 22.6 Å². The van der Waals surface area contributed by atoms with Crippen molar-refractivity contribution in [3.63, 3.8) is 0 Å². The number of hydrogen-bond acceptors (Lipinski definition) is 4. The van der Waals surface area contributed by atoms with Crippen molar-refractivity contribution in [3.05, 3.63) is 18.2 Å². The van der Waals surface area contributed by atoms with Crippen LogP contribution in [0.5, 0.6) is 11.5 Å². The smallest absolute Gasteiger partial charge is 0.401 e. The van der Waals surface area contributed by atoms with E-state index < -0.39 is 12.7 Å². The lowest BCUT2D eigenvalue weighted by Crippen LogP contribution is -2.37. The van der Waals surface area contributed by atoms with Gasteiger partial charge in [-0.1, -0.05) is 0 Å². The molecule has 1 aromatic carbocycles. The van der Waals surface area contributed by atoms with Gasteiger partial charge in [-0.25, -0.2) is 0 Å². The van der Waals surface area contributed by atoms with Crippen LogP contribution in [0.3, 0.4) is 0 Å². The molecule has 0 radical (unpaired) electrons. The Balaban J connectivity index is 0.00000392. The Labute approximate surface area is 180 Å². The van der Waals surface area contributed by atoms with E-state index in [2.05, 4.69) is 15.6 Å². The number of guanidine groups is 1. The van der Waals surface area contributed by atoms with Crippen molar-refractivity contribution in [1.29, 1.82) is 0 Å². The van der Waals surface area contributed by atoms with Crippen LogP contribution in [0.2, 0.25) is 0 Å². The third kappa shape index (κ3) is 7.90. The highest BCUT2D eigenvalue weighted by molar-refractivity contribution is 14.0. The SMILES string of the molecule is CCOc1cc(NC(=NC)NCC2CCN(CC(F)(F)F)C2)ccc1OC.I. The molecule has 6 nitrogen and oxygen atoms in total. The molecule has 0 aliphatic carbocycles. The Hall–Kier alpha value is -1.43. The van der Waals surface area contributed by atoms with Crippen LogP contribution >= 0.6 is 24.0 Å². The predicted octanol–water partition coefficient (Wildman–Crippen LogP) is 3.58. The normalized spacial score (nSPS) is 17.8. The molecule has 160 valence electrons. The quantitative estimate of drug-likeness (QED) is 0.330. The minimum absolute atomic E-state index is 0. The average Bonchev–Trinajstić information content (AvgIpc) is 3.04. The lowest BCUT2D eigenvalue weighted by atomic mass is 10.1. The van der Waals surface area contributed by atoms with Crippen molar-refractivity contribution in [2.45, 2.75) is 19.5 Å². The van der Waals surface area contributed by atoms with E-state index in [4.69, 9.17) is 9.47 Å². The van der Waals surface area contributed by atoms with Crippen LogP contribution in [0.1, 0.15) is 13.3 Å². The van der Waals surface area contributed by atoms with Gasteiger partial charge in [-0.05, 0) is 37.9 Å². The topological polar surface area (TPSA) is 58.1 Å². The molecule has 0 aromatic heterocycles. The van der Waals surface area contributed by atoms with Gasteiger partial charge in [0.2, 0.25) is 0 Å². The van der Waals surface area contributed by atoms with Gasteiger partial charge >= 0.3 is 6.18 Å². The number of likely N-dealkylation sites (tertiary alicyclic amines) is 1. The molecule has 28 heavy (non-hydrogen) atoms. The highest BCUT2D eigenvalue weighted by atomic mass is 127. The van der Waals surface area contributed by atoms with Crippen LogP contribution in [0.4, 0.5) is 18.9 Å². The number of nitrogens with zero attached hydrogens (tertiary/aromatic N) is 2. The average molecular weight is 516 g/mol. The molecule has 1 unspecified atom stereocenters. The summed E-state index contributed by atoms with van der Waals surface area (Å²) in [4.78, 5) is 5.61. The van der Waals surface area contributed by atoms with Crippen LogP contribution < -0.4 is 20.1 Å². The number of ether oxygens (including phenoxy) is 2. The number of rotatable bonds is 7. The van der Waals surface area contributed by atoms with Crippen LogP contribution in [0.15, 0.2) is 23.2 Å². The fourth-order valence-corrected chi connectivity index (χ4v) is 3.06. The molecule has 0 spiro atoms. The fourth-order valence-electron chi connectivity index (χ4n) is 3.06. The number of alkyl halides is 3.